The molecule has 1 fully saturated rings. The van der Waals surface area contributed by atoms with Crippen LogP contribution < -0.4 is 11.1 Å². The van der Waals surface area contributed by atoms with Gasteiger partial charge in [0.05, 0.1) is 0 Å². The lowest BCUT2D eigenvalue weighted by Gasteiger charge is -2.11. The number of benzene rings is 2. The largest absolute Gasteiger partial charge is 0.350 e. The van der Waals surface area contributed by atoms with Crippen LogP contribution in [-0.4, -0.2) is 18.5 Å². The van der Waals surface area contributed by atoms with Gasteiger partial charge in [0.15, 0.2) is 0 Å². The van der Waals surface area contributed by atoms with Crippen LogP contribution in [0.25, 0.3) is 0 Å². The van der Waals surface area contributed by atoms with Crippen LogP contribution in [0.3, 0.4) is 0 Å². The zero-order chi connectivity index (χ0) is 16.1. The Hall–Kier alpha value is -1.78. The minimum atomic E-state index is -0.0410. The van der Waals surface area contributed by atoms with E-state index in [9.17, 15) is 4.79 Å². The Kier molecular flexibility index (Phi) is 5.36. The summed E-state index contributed by atoms with van der Waals surface area (Å²) in [5, 5.41) is 2.93. The van der Waals surface area contributed by atoms with Crippen molar-refractivity contribution in [3.8, 4) is 0 Å². The summed E-state index contributed by atoms with van der Waals surface area (Å²) >= 11 is 1.77. The van der Waals surface area contributed by atoms with Gasteiger partial charge in [-0.15, -0.1) is 11.8 Å². The van der Waals surface area contributed by atoms with Gasteiger partial charge in [0.25, 0.3) is 5.91 Å². The number of carbonyl (C=O) groups is 1. The van der Waals surface area contributed by atoms with Gasteiger partial charge < -0.3 is 11.1 Å². The fourth-order valence-electron chi connectivity index (χ4n) is 2.45. The van der Waals surface area contributed by atoms with Crippen molar-refractivity contribution in [2.24, 2.45) is 11.7 Å². The van der Waals surface area contributed by atoms with Crippen LogP contribution in [0.5, 0.6) is 0 Å². The second-order valence-corrected chi connectivity index (χ2v) is 7.06. The monoisotopic (exact) mass is 326 g/mol. The minimum Gasteiger partial charge on any atom is -0.350 e. The van der Waals surface area contributed by atoms with Crippen molar-refractivity contribution in [2.75, 3.05) is 6.54 Å². The highest BCUT2D eigenvalue weighted by atomic mass is 32.2. The van der Waals surface area contributed by atoms with Gasteiger partial charge in [-0.1, -0.05) is 30.3 Å². The van der Waals surface area contributed by atoms with Crippen LogP contribution in [0.2, 0.25) is 0 Å². The van der Waals surface area contributed by atoms with Gasteiger partial charge in [0.2, 0.25) is 0 Å². The Morgan fingerprint density at radius 2 is 1.83 bits per heavy atom. The van der Waals surface area contributed by atoms with Crippen LogP contribution in [0.4, 0.5) is 0 Å². The van der Waals surface area contributed by atoms with Crippen molar-refractivity contribution in [3.05, 3.63) is 65.7 Å². The summed E-state index contributed by atoms with van der Waals surface area (Å²) < 4.78 is 0. The van der Waals surface area contributed by atoms with Crippen molar-refractivity contribution in [1.29, 1.82) is 0 Å². The van der Waals surface area contributed by atoms with Gasteiger partial charge in [-0.3, -0.25) is 4.79 Å². The van der Waals surface area contributed by atoms with E-state index in [0.29, 0.717) is 18.0 Å². The normalized spacial score (nSPS) is 15.2. The molecule has 1 aliphatic carbocycles. The van der Waals surface area contributed by atoms with E-state index in [4.69, 9.17) is 5.73 Å². The third-order valence-electron chi connectivity index (χ3n) is 4.09. The fourth-order valence-corrected chi connectivity index (χ4v) is 3.30. The molecule has 2 aromatic carbocycles. The van der Waals surface area contributed by atoms with Crippen molar-refractivity contribution < 1.29 is 4.79 Å². The maximum absolute atomic E-state index is 12.1. The number of nitrogens with one attached hydrogen (secondary N) is 1. The molecule has 1 aliphatic rings. The van der Waals surface area contributed by atoms with E-state index in [1.807, 2.05) is 30.3 Å². The van der Waals surface area contributed by atoms with E-state index in [0.717, 1.165) is 5.75 Å². The molecule has 3 nitrogen and oxygen atoms in total. The van der Waals surface area contributed by atoms with Crippen LogP contribution >= 0.6 is 11.8 Å². The predicted molar refractivity (Wildman–Crippen MR) is 95.5 cm³/mol. The van der Waals surface area contributed by atoms with Gasteiger partial charge in [0.1, 0.15) is 0 Å². The first-order valence-corrected chi connectivity index (χ1v) is 9.01. The molecule has 0 bridgehead atoms. The molecule has 0 saturated heterocycles. The van der Waals surface area contributed by atoms with E-state index >= 15 is 0 Å². The molecule has 0 radical (unpaired) electrons. The first-order valence-electron chi connectivity index (χ1n) is 8.03. The van der Waals surface area contributed by atoms with E-state index in [1.165, 1.54) is 23.3 Å². The predicted octanol–water partition coefficient (Wildman–Crippen LogP) is 3.45. The number of nitrogens with two attached hydrogens (primary N) is 1. The van der Waals surface area contributed by atoms with Crippen LogP contribution in [0, 0.1) is 5.92 Å². The van der Waals surface area contributed by atoms with E-state index in [-0.39, 0.29) is 11.9 Å². The first-order chi connectivity index (χ1) is 11.2. The maximum Gasteiger partial charge on any atom is 0.251 e. The van der Waals surface area contributed by atoms with E-state index in [2.05, 4.69) is 29.6 Å². The van der Waals surface area contributed by atoms with Gasteiger partial charge in [-0.05, 0) is 48.6 Å². The SMILES string of the molecule is NC(CNC(=O)c1ccc(SCc2ccccc2)cc1)C1CC1. The van der Waals surface area contributed by atoms with Gasteiger partial charge in [-0.2, -0.15) is 0 Å². The molecule has 1 unspecified atom stereocenters. The highest BCUT2D eigenvalue weighted by Gasteiger charge is 2.28. The van der Waals surface area contributed by atoms with Crippen LogP contribution in [0.15, 0.2) is 59.5 Å². The molecule has 3 N–H and O–H groups in total. The summed E-state index contributed by atoms with van der Waals surface area (Å²) in [6.45, 7) is 0.564. The lowest BCUT2D eigenvalue weighted by Crippen LogP contribution is -2.38. The molecule has 120 valence electrons. The third-order valence-corrected chi connectivity index (χ3v) is 5.17. The Balaban J connectivity index is 1.48. The fraction of sp³-hybridized carbons (Fsp3) is 0.316. The molecule has 0 spiro atoms. The van der Waals surface area contributed by atoms with E-state index < -0.39 is 0 Å². The van der Waals surface area contributed by atoms with Crippen molar-refractivity contribution >= 4 is 17.7 Å². The standard InChI is InChI=1S/C19H22N2OS/c20-18(15-6-7-15)12-21-19(22)16-8-10-17(11-9-16)23-13-14-4-2-1-3-5-14/h1-5,8-11,15,18H,6-7,12-13,20H2,(H,21,22). The van der Waals surface area contributed by atoms with Crippen LogP contribution in [0.1, 0.15) is 28.8 Å². The number of rotatable bonds is 7. The molecular formula is C19H22N2OS. The smallest absolute Gasteiger partial charge is 0.251 e. The molecule has 3 rings (SSSR count). The van der Waals surface area contributed by atoms with Gasteiger partial charge >= 0.3 is 0 Å². The summed E-state index contributed by atoms with van der Waals surface area (Å²) in [5.41, 5.74) is 8.00. The zero-order valence-corrected chi connectivity index (χ0v) is 13.9. The highest BCUT2D eigenvalue weighted by Crippen LogP contribution is 2.31. The lowest BCUT2D eigenvalue weighted by molar-refractivity contribution is 0.0950. The molecule has 4 heteroatoms. The number of carbonyl (C=O) groups excluding carboxylic acids is 1. The maximum atomic E-state index is 12.1. The summed E-state index contributed by atoms with van der Waals surface area (Å²) in [7, 11) is 0. The molecule has 23 heavy (non-hydrogen) atoms. The van der Waals surface area contributed by atoms with Crippen LogP contribution in [-0.2, 0) is 5.75 Å². The Labute approximate surface area is 141 Å². The first kappa shape index (κ1) is 16.1. The molecular weight excluding hydrogens is 304 g/mol. The second-order valence-electron chi connectivity index (χ2n) is 6.01. The Bertz CT molecular complexity index is 638. The summed E-state index contributed by atoms with van der Waals surface area (Å²) in [4.78, 5) is 13.3. The summed E-state index contributed by atoms with van der Waals surface area (Å²) in [5.74, 6) is 1.50. The van der Waals surface area contributed by atoms with Gasteiger partial charge in [-0.25, -0.2) is 0 Å². The van der Waals surface area contributed by atoms with Crippen molar-refractivity contribution in [1.82, 2.24) is 5.32 Å². The Morgan fingerprint density at radius 3 is 2.48 bits per heavy atom. The number of thioether (sulfide) groups is 1. The van der Waals surface area contributed by atoms with Crippen molar-refractivity contribution in [2.45, 2.75) is 29.5 Å². The number of hydrogen-bond acceptors (Lipinski definition) is 3. The highest BCUT2D eigenvalue weighted by molar-refractivity contribution is 7.98. The third kappa shape index (κ3) is 4.85. The summed E-state index contributed by atoms with van der Waals surface area (Å²) in [6.07, 6.45) is 2.40. The number of hydrogen-bond donors (Lipinski definition) is 2. The van der Waals surface area contributed by atoms with E-state index in [1.54, 1.807) is 11.8 Å². The minimum absolute atomic E-state index is 0.0410. The molecule has 1 amide bonds. The molecule has 1 saturated carbocycles. The zero-order valence-electron chi connectivity index (χ0n) is 13.1. The quantitative estimate of drug-likeness (QED) is 0.766. The molecule has 0 aliphatic heterocycles. The van der Waals surface area contributed by atoms with Crippen molar-refractivity contribution in [3.63, 3.8) is 0 Å². The molecule has 0 aromatic heterocycles. The average Bonchev–Trinajstić information content (AvgIpc) is 3.44. The molecule has 1 atom stereocenters. The van der Waals surface area contributed by atoms with Gasteiger partial charge in [0, 0.05) is 28.8 Å². The number of amides is 1. The second kappa shape index (κ2) is 7.66. The molecule has 2 aromatic rings. The molecule has 0 heterocycles. The average molecular weight is 326 g/mol. The topological polar surface area (TPSA) is 55.1 Å². The Morgan fingerprint density at radius 1 is 1.13 bits per heavy atom. The lowest BCUT2D eigenvalue weighted by atomic mass is 10.2. The summed E-state index contributed by atoms with van der Waals surface area (Å²) in [6, 6.07) is 18.2.